The first kappa shape index (κ1) is 27.1. The molecule has 0 aliphatic carbocycles. The smallest absolute Gasteiger partial charge is 0.261 e. The standard InChI is InChI=1S/C29H23FN4O4S3/c1-17(35)34-15-14-21-25(16-34)40-29(26(21)28-31-23-8-4-5-9-24(23)39-28)32-27(36)20-6-2-3-7-22(20)33-41(37,38)19-12-10-18(30)11-13-19/h2-13,33H,14-16H2,1H3,(H,32,36). The van der Waals surface area contributed by atoms with Crippen LogP contribution < -0.4 is 10.0 Å². The number of hydrogen-bond acceptors (Lipinski definition) is 7. The second-order valence-corrected chi connectivity index (χ2v) is 13.3. The summed E-state index contributed by atoms with van der Waals surface area (Å²) in [5, 5.41) is 4.35. The van der Waals surface area contributed by atoms with E-state index >= 15 is 0 Å². The average Bonchev–Trinajstić information content (AvgIpc) is 3.53. The molecule has 0 unspecified atom stereocenters. The number of carbonyl (C=O) groups is 2. The zero-order valence-corrected chi connectivity index (χ0v) is 24.1. The molecule has 1 aliphatic heterocycles. The van der Waals surface area contributed by atoms with Gasteiger partial charge in [0.05, 0.1) is 32.9 Å². The molecule has 5 aromatic rings. The first-order valence-corrected chi connectivity index (χ1v) is 15.8. The number of amides is 2. The molecule has 3 heterocycles. The van der Waals surface area contributed by atoms with Crippen LogP contribution >= 0.6 is 22.7 Å². The van der Waals surface area contributed by atoms with Gasteiger partial charge >= 0.3 is 0 Å². The molecule has 208 valence electrons. The van der Waals surface area contributed by atoms with Crippen molar-refractivity contribution in [1.29, 1.82) is 0 Å². The van der Waals surface area contributed by atoms with Crippen LogP contribution in [0, 0.1) is 5.82 Å². The Morgan fingerprint density at radius 1 is 0.976 bits per heavy atom. The zero-order valence-electron chi connectivity index (χ0n) is 21.7. The van der Waals surface area contributed by atoms with Crippen LogP contribution in [0.2, 0.25) is 0 Å². The Bertz CT molecular complexity index is 1880. The van der Waals surface area contributed by atoms with E-state index < -0.39 is 21.7 Å². The number of aromatic nitrogens is 1. The highest BCUT2D eigenvalue weighted by molar-refractivity contribution is 7.92. The number of para-hydroxylation sites is 2. The van der Waals surface area contributed by atoms with Crippen molar-refractivity contribution in [3.63, 3.8) is 0 Å². The molecule has 0 atom stereocenters. The molecule has 0 saturated carbocycles. The lowest BCUT2D eigenvalue weighted by Crippen LogP contribution is -2.33. The molecule has 2 N–H and O–H groups in total. The number of thiazole rings is 1. The van der Waals surface area contributed by atoms with Crippen LogP contribution in [-0.4, -0.2) is 36.7 Å². The number of carbonyl (C=O) groups excluding carboxylic acids is 2. The molecule has 6 rings (SSSR count). The third-order valence-corrected chi connectivity index (χ3v) is 10.3. The van der Waals surface area contributed by atoms with Crippen molar-refractivity contribution in [2.75, 3.05) is 16.6 Å². The Balaban J connectivity index is 1.37. The molecule has 1 aliphatic rings. The van der Waals surface area contributed by atoms with E-state index in [0.29, 0.717) is 24.5 Å². The van der Waals surface area contributed by atoms with Gasteiger partial charge in [-0.2, -0.15) is 0 Å². The minimum absolute atomic E-state index is 0.0152. The molecule has 2 aromatic heterocycles. The topological polar surface area (TPSA) is 108 Å². The number of nitrogens with zero attached hydrogens (tertiary/aromatic N) is 2. The van der Waals surface area contributed by atoms with Gasteiger partial charge in [0, 0.05) is 23.9 Å². The van der Waals surface area contributed by atoms with Gasteiger partial charge in [0.1, 0.15) is 15.8 Å². The number of fused-ring (bicyclic) bond motifs is 2. The molecular formula is C29H23FN4O4S3. The van der Waals surface area contributed by atoms with Gasteiger partial charge in [0.25, 0.3) is 15.9 Å². The largest absolute Gasteiger partial charge is 0.337 e. The van der Waals surface area contributed by atoms with Crippen molar-refractivity contribution < 1.29 is 22.4 Å². The van der Waals surface area contributed by atoms with Gasteiger partial charge in [0.15, 0.2) is 0 Å². The van der Waals surface area contributed by atoms with Crippen molar-refractivity contribution in [2.45, 2.75) is 24.8 Å². The maximum absolute atomic E-state index is 13.7. The summed E-state index contributed by atoms with van der Waals surface area (Å²) in [6, 6.07) is 18.5. The second-order valence-electron chi connectivity index (χ2n) is 9.44. The summed E-state index contributed by atoms with van der Waals surface area (Å²) in [6.07, 6.45) is 0.626. The van der Waals surface area contributed by atoms with E-state index in [-0.39, 0.29) is 22.1 Å². The van der Waals surface area contributed by atoms with E-state index in [1.54, 1.807) is 24.0 Å². The van der Waals surface area contributed by atoms with Crippen molar-refractivity contribution in [3.05, 3.63) is 94.6 Å². The number of halogens is 1. The number of thiophene rings is 1. The molecule has 0 spiro atoms. The Labute approximate surface area is 243 Å². The SMILES string of the molecule is CC(=O)N1CCc2c(sc(NC(=O)c3ccccc3NS(=O)(=O)c3ccc(F)cc3)c2-c2nc3ccccc3s2)C1. The summed E-state index contributed by atoms with van der Waals surface area (Å²) in [7, 11) is -4.08. The fourth-order valence-electron chi connectivity index (χ4n) is 4.72. The van der Waals surface area contributed by atoms with E-state index in [0.717, 1.165) is 55.5 Å². The van der Waals surface area contributed by atoms with E-state index in [1.165, 1.54) is 34.8 Å². The maximum Gasteiger partial charge on any atom is 0.261 e. The minimum atomic E-state index is -4.08. The normalized spacial score (nSPS) is 13.2. The van der Waals surface area contributed by atoms with Gasteiger partial charge < -0.3 is 10.2 Å². The van der Waals surface area contributed by atoms with Crippen LogP contribution in [0.25, 0.3) is 20.8 Å². The van der Waals surface area contributed by atoms with Crippen LogP contribution in [0.1, 0.15) is 27.7 Å². The van der Waals surface area contributed by atoms with Crippen molar-refractivity contribution in [2.24, 2.45) is 0 Å². The molecule has 0 bridgehead atoms. The van der Waals surface area contributed by atoms with E-state index in [9.17, 15) is 22.4 Å². The van der Waals surface area contributed by atoms with Gasteiger partial charge in [-0.15, -0.1) is 22.7 Å². The van der Waals surface area contributed by atoms with Crippen LogP contribution in [0.4, 0.5) is 15.1 Å². The molecule has 0 radical (unpaired) electrons. The predicted molar refractivity (Wildman–Crippen MR) is 159 cm³/mol. The van der Waals surface area contributed by atoms with Gasteiger partial charge in [0.2, 0.25) is 5.91 Å². The number of sulfonamides is 1. The highest BCUT2D eigenvalue weighted by atomic mass is 32.2. The molecule has 12 heteroatoms. The molecule has 0 saturated heterocycles. The lowest BCUT2D eigenvalue weighted by molar-refractivity contribution is -0.129. The number of benzene rings is 3. The first-order valence-electron chi connectivity index (χ1n) is 12.6. The van der Waals surface area contributed by atoms with Crippen LogP contribution in [-0.2, 0) is 27.8 Å². The van der Waals surface area contributed by atoms with Gasteiger partial charge in [-0.1, -0.05) is 24.3 Å². The van der Waals surface area contributed by atoms with E-state index in [2.05, 4.69) is 10.0 Å². The molecule has 3 aromatic carbocycles. The lowest BCUT2D eigenvalue weighted by atomic mass is 10.0. The van der Waals surface area contributed by atoms with Gasteiger partial charge in [-0.3, -0.25) is 14.3 Å². The zero-order chi connectivity index (χ0) is 28.7. The number of hydrogen-bond donors (Lipinski definition) is 2. The van der Waals surface area contributed by atoms with Crippen molar-refractivity contribution in [1.82, 2.24) is 9.88 Å². The monoisotopic (exact) mass is 606 g/mol. The fraction of sp³-hybridized carbons (Fsp3) is 0.138. The molecule has 0 fully saturated rings. The molecule has 41 heavy (non-hydrogen) atoms. The molecule has 8 nitrogen and oxygen atoms in total. The highest BCUT2D eigenvalue weighted by Gasteiger charge is 2.29. The summed E-state index contributed by atoms with van der Waals surface area (Å²) in [5.74, 6) is -1.08. The minimum Gasteiger partial charge on any atom is -0.337 e. The van der Waals surface area contributed by atoms with Gasteiger partial charge in [-0.05, 0) is 60.5 Å². The average molecular weight is 607 g/mol. The van der Waals surface area contributed by atoms with Crippen LogP contribution in [0.5, 0.6) is 0 Å². The van der Waals surface area contributed by atoms with Crippen LogP contribution in [0.15, 0.2) is 77.7 Å². The number of nitrogens with one attached hydrogen (secondary N) is 2. The molecule has 2 amide bonds. The van der Waals surface area contributed by atoms with Crippen molar-refractivity contribution in [3.8, 4) is 10.6 Å². The van der Waals surface area contributed by atoms with Gasteiger partial charge in [-0.25, -0.2) is 17.8 Å². The summed E-state index contributed by atoms with van der Waals surface area (Å²) >= 11 is 2.92. The Kier molecular flexibility index (Phi) is 7.06. The third-order valence-electron chi connectivity index (χ3n) is 6.78. The maximum atomic E-state index is 13.7. The predicted octanol–water partition coefficient (Wildman–Crippen LogP) is 6.12. The third kappa shape index (κ3) is 5.33. The van der Waals surface area contributed by atoms with E-state index in [4.69, 9.17) is 4.98 Å². The highest BCUT2D eigenvalue weighted by Crippen LogP contribution is 2.46. The number of anilines is 2. The summed E-state index contributed by atoms with van der Waals surface area (Å²) in [4.78, 5) is 33.2. The summed E-state index contributed by atoms with van der Waals surface area (Å²) in [6.45, 7) is 2.55. The summed E-state index contributed by atoms with van der Waals surface area (Å²) in [5.41, 5.74) is 2.93. The lowest BCUT2D eigenvalue weighted by Gasteiger charge is -2.26. The van der Waals surface area contributed by atoms with Crippen molar-refractivity contribution >= 4 is 65.4 Å². The quantitative estimate of drug-likeness (QED) is 0.242. The van der Waals surface area contributed by atoms with Crippen LogP contribution in [0.3, 0.4) is 0 Å². The summed E-state index contributed by atoms with van der Waals surface area (Å²) < 4.78 is 42.8. The first-order chi connectivity index (χ1) is 19.7. The Morgan fingerprint density at radius 3 is 2.46 bits per heavy atom. The second kappa shape index (κ2) is 10.7. The Morgan fingerprint density at radius 2 is 1.71 bits per heavy atom. The molecular weight excluding hydrogens is 584 g/mol. The Hall–Kier alpha value is -4.13. The fourth-order valence-corrected chi connectivity index (χ4v) is 8.17. The van der Waals surface area contributed by atoms with E-state index in [1.807, 2.05) is 24.3 Å². The number of rotatable bonds is 6.